The van der Waals surface area contributed by atoms with E-state index in [4.69, 9.17) is 14.3 Å². The minimum absolute atomic E-state index is 0.0814. The molecule has 1 heterocycles. The second kappa shape index (κ2) is 8.09. The first kappa shape index (κ1) is 16.7. The predicted molar refractivity (Wildman–Crippen MR) is 82.9 cm³/mol. The molecule has 1 aromatic carbocycles. The molecular weight excluding hydrogens is 300 g/mol. The Morgan fingerprint density at radius 2 is 2.22 bits per heavy atom. The molecule has 0 radical (unpaired) electrons. The van der Waals surface area contributed by atoms with Crippen LogP contribution in [-0.2, 0) is 20.7 Å². The molecule has 0 spiro atoms. The van der Waals surface area contributed by atoms with Gasteiger partial charge in [-0.3, -0.25) is 4.79 Å². The van der Waals surface area contributed by atoms with Crippen molar-refractivity contribution in [3.8, 4) is 0 Å². The maximum Gasteiger partial charge on any atom is 0.328 e. The molecule has 0 aliphatic heterocycles. The summed E-state index contributed by atoms with van der Waals surface area (Å²) < 4.78 is 10.6. The van der Waals surface area contributed by atoms with Crippen molar-refractivity contribution >= 4 is 23.0 Å². The lowest BCUT2D eigenvalue weighted by Gasteiger charge is -2.13. The molecule has 122 valence electrons. The van der Waals surface area contributed by atoms with Crippen LogP contribution in [0.3, 0.4) is 0 Å². The van der Waals surface area contributed by atoms with Crippen LogP contribution in [-0.4, -0.2) is 41.2 Å². The molecule has 23 heavy (non-hydrogen) atoms. The minimum atomic E-state index is -1.15. The van der Waals surface area contributed by atoms with Gasteiger partial charge >= 0.3 is 5.97 Å². The van der Waals surface area contributed by atoms with Crippen molar-refractivity contribution in [3.63, 3.8) is 0 Å². The van der Waals surface area contributed by atoms with E-state index in [2.05, 4.69) is 16.9 Å². The van der Waals surface area contributed by atoms with Gasteiger partial charge in [-0.15, -0.1) is 6.58 Å². The highest BCUT2D eigenvalue weighted by atomic mass is 16.5. The molecule has 0 aliphatic rings. The van der Waals surface area contributed by atoms with Crippen LogP contribution < -0.4 is 5.32 Å². The van der Waals surface area contributed by atoms with Crippen LogP contribution in [0.1, 0.15) is 12.3 Å². The molecule has 0 saturated carbocycles. The maximum atomic E-state index is 11.9. The van der Waals surface area contributed by atoms with Crippen LogP contribution in [0, 0.1) is 0 Å². The number of aliphatic carboxylic acids is 1. The summed E-state index contributed by atoms with van der Waals surface area (Å²) in [5.41, 5.74) is 1.38. The fourth-order valence-corrected chi connectivity index (χ4v) is 1.96. The van der Waals surface area contributed by atoms with Crippen LogP contribution in [0.4, 0.5) is 0 Å². The van der Waals surface area contributed by atoms with Gasteiger partial charge in [-0.05, 0) is 12.1 Å². The van der Waals surface area contributed by atoms with E-state index in [0.717, 1.165) is 5.52 Å². The topological polar surface area (TPSA) is 102 Å². The van der Waals surface area contributed by atoms with Crippen molar-refractivity contribution in [3.05, 3.63) is 42.8 Å². The lowest BCUT2D eigenvalue weighted by molar-refractivity contribution is -0.143. The first-order valence-electron chi connectivity index (χ1n) is 7.15. The molecule has 0 saturated heterocycles. The number of carbonyl (C=O) groups excluding carboxylic acids is 1. The van der Waals surface area contributed by atoms with E-state index in [0.29, 0.717) is 17.9 Å². The number of hydrogen-bond donors (Lipinski definition) is 2. The number of aryl methyl sites for hydroxylation is 1. The fraction of sp³-hybridized carbons (Fsp3) is 0.312. The third-order valence-electron chi connectivity index (χ3n) is 3.06. The first-order chi connectivity index (χ1) is 11.1. The smallest absolute Gasteiger partial charge is 0.328 e. The maximum absolute atomic E-state index is 11.9. The molecule has 0 bridgehead atoms. The number of carboxylic acids is 1. The number of carboxylic acid groups (broad SMARTS) is 1. The van der Waals surface area contributed by atoms with Gasteiger partial charge in [0.1, 0.15) is 5.52 Å². The first-order valence-corrected chi connectivity index (χ1v) is 7.15. The highest BCUT2D eigenvalue weighted by Crippen LogP contribution is 2.15. The average Bonchev–Trinajstić information content (AvgIpc) is 2.95. The van der Waals surface area contributed by atoms with Crippen molar-refractivity contribution in [2.24, 2.45) is 0 Å². The van der Waals surface area contributed by atoms with Gasteiger partial charge in [-0.2, -0.15) is 0 Å². The van der Waals surface area contributed by atoms with Gasteiger partial charge in [0, 0.05) is 12.8 Å². The number of nitrogens with one attached hydrogen (secondary N) is 1. The number of rotatable bonds is 9. The Labute approximate surface area is 133 Å². The molecule has 2 aromatic rings. The summed E-state index contributed by atoms with van der Waals surface area (Å²) in [6, 6.07) is 6.21. The molecule has 1 unspecified atom stereocenters. The third kappa shape index (κ3) is 4.93. The Morgan fingerprint density at radius 3 is 2.91 bits per heavy atom. The van der Waals surface area contributed by atoms with E-state index in [1.807, 2.05) is 18.2 Å². The Bertz CT molecular complexity index is 662. The molecular formula is C16H18N2O5. The fourth-order valence-electron chi connectivity index (χ4n) is 1.96. The average molecular weight is 318 g/mol. The standard InChI is InChI=1S/C16H18N2O5/c1-2-9-22-10-12(16(20)21)17-14(19)7-8-15-18-11-5-3-4-6-13(11)23-15/h2-6,12H,1,7-10H2,(H,17,19)(H,20,21). The molecule has 0 aliphatic carbocycles. The monoisotopic (exact) mass is 318 g/mol. The number of amides is 1. The highest BCUT2D eigenvalue weighted by molar-refractivity contribution is 5.83. The van der Waals surface area contributed by atoms with Crippen molar-refractivity contribution in [2.45, 2.75) is 18.9 Å². The summed E-state index contributed by atoms with van der Waals surface area (Å²) in [6.07, 6.45) is 1.88. The van der Waals surface area contributed by atoms with E-state index in [1.54, 1.807) is 6.07 Å². The number of hydrogen-bond acceptors (Lipinski definition) is 5. The van der Waals surface area contributed by atoms with Gasteiger partial charge < -0.3 is 19.6 Å². The number of ether oxygens (including phenoxy) is 1. The highest BCUT2D eigenvalue weighted by Gasteiger charge is 2.20. The quantitative estimate of drug-likeness (QED) is 0.537. The Hall–Kier alpha value is -2.67. The second-order valence-electron chi connectivity index (χ2n) is 4.86. The molecule has 7 heteroatoms. The Kier molecular flexibility index (Phi) is 5.87. The largest absolute Gasteiger partial charge is 0.480 e. The summed E-state index contributed by atoms with van der Waals surface area (Å²) in [4.78, 5) is 27.2. The zero-order valence-electron chi connectivity index (χ0n) is 12.5. The van der Waals surface area contributed by atoms with Gasteiger partial charge in [-0.25, -0.2) is 9.78 Å². The number of aromatic nitrogens is 1. The molecule has 7 nitrogen and oxygen atoms in total. The second-order valence-corrected chi connectivity index (χ2v) is 4.86. The zero-order valence-corrected chi connectivity index (χ0v) is 12.5. The van der Waals surface area contributed by atoms with Crippen molar-refractivity contribution in [1.82, 2.24) is 10.3 Å². The van der Waals surface area contributed by atoms with Gasteiger partial charge in [0.2, 0.25) is 5.91 Å². The van der Waals surface area contributed by atoms with Crippen molar-refractivity contribution in [2.75, 3.05) is 13.2 Å². The Balaban J connectivity index is 1.85. The van der Waals surface area contributed by atoms with Crippen LogP contribution in [0.5, 0.6) is 0 Å². The van der Waals surface area contributed by atoms with E-state index >= 15 is 0 Å². The summed E-state index contributed by atoms with van der Waals surface area (Å²) in [5.74, 6) is -1.11. The van der Waals surface area contributed by atoms with Gasteiger partial charge in [0.25, 0.3) is 0 Å². The number of benzene rings is 1. The van der Waals surface area contributed by atoms with Gasteiger partial charge in [0.05, 0.1) is 13.2 Å². The van der Waals surface area contributed by atoms with Gasteiger partial charge in [-0.1, -0.05) is 18.2 Å². The lowest BCUT2D eigenvalue weighted by atomic mass is 10.2. The molecule has 2 rings (SSSR count). The molecule has 0 fully saturated rings. The number of nitrogens with zero attached hydrogens (tertiary/aromatic N) is 1. The summed E-state index contributed by atoms with van der Waals surface area (Å²) in [5, 5.41) is 11.5. The molecule has 2 N–H and O–H groups in total. The van der Waals surface area contributed by atoms with E-state index in [9.17, 15) is 9.59 Å². The zero-order chi connectivity index (χ0) is 16.7. The van der Waals surface area contributed by atoms with E-state index < -0.39 is 17.9 Å². The molecule has 1 amide bonds. The number of carbonyl (C=O) groups is 2. The third-order valence-corrected chi connectivity index (χ3v) is 3.06. The Morgan fingerprint density at radius 1 is 1.43 bits per heavy atom. The predicted octanol–water partition coefficient (Wildman–Crippen LogP) is 1.53. The summed E-state index contributed by atoms with van der Waals surface area (Å²) in [6.45, 7) is 3.58. The van der Waals surface area contributed by atoms with Gasteiger partial charge in [0.15, 0.2) is 17.5 Å². The number of oxazole rings is 1. The molecule has 1 atom stereocenters. The van der Waals surface area contributed by atoms with Crippen LogP contribution in [0.25, 0.3) is 11.1 Å². The van der Waals surface area contributed by atoms with E-state index in [1.165, 1.54) is 6.08 Å². The van der Waals surface area contributed by atoms with Crippen LogP contribution in [0.15, 0.2) is 41.3 Å². The molecule has 1 aromatic heterocycles. The SMILES string of the molecule is C=CCOCC(NC(=O)CCc1nc2ccccc2o1)C(=O)O. The lowest BCUT2D eigenvalue weighted by Crippen LogP contribution is -2.44. The van der Waals surface area contributed by atoms with Crippen molar-refractivity contribution in [1.29, 1.82) is 0 Å². The normalized spacial score (nSPS) is 12.0. The van der Waals surface area contributed by atoms with Crippen molar-refractivity contribution < 1.29 is 23.8 Å². The number of para-hydroxylation sites is 2. The summed E-state index contributed by atoms with van der Waals surface area (Å²) in [7, 11) is 0. The number of fused-ring (bicyclic) bond motifs is 1. The summed E-state index contributed by atoms with van der Waals surface area (Å²) >= 11 is 0. The van der Waals surface area contributed by atoms with Crippen LogP contribution >= 0.6 is 0 Å². The van der Waals surface area contributed by atoms with Crippen LogP contribution in [0.2, 0.25) is 0 Å². The van der Waals surface area contributed by atoms with E-state index in [-0.39, 0.29) is 19.6 Å². The minimum Gasteiger partial charge on any atom is -0.480 e.